The topological polar surface area (TPSA) is 38.7 Å². The summed E-state index contributed by atoms with van der Waals surface area (Å²) in [6.45, 7) is 0. The molecule has 66 heavy (non-hydrogen) atoms. The first-order valence-electron chi connectivity index (χ1n) is 22.3. The SMILES string of the molecule is c1ccc(-c2cccc(-c3nc(-c4ccccc4)cc(-c4ccc(-c5cccc(-c6c(-c7ccccc7)c(-c7ccccc7)nc(-c7ccccc7)c6-c6ccccc6)c5)cc4)n3)c2)cc1. The zero-order valence-corrected chi connectivity index (χ0v) is 36.2. The van der Waals surface area contributed by atoms with Crippen molar-refractivity contribution in [1.82, 2.24) is 15.0 Å². The van der Waals surface area contributed by atoms with Gasteiger partial charge in [-0.3, -0.25) is 0 Å². The minimum atomic E-state index is 0.687. The van der Waals surface area contributed by atoms with Gasteiger partial charge in [0.05, 0.1) is 22.8 Å². The van der Waals surface area contributed by atoms with Gasteiger partial charge >= 0.3 is 0 Å². The summed E-state index contributed by atoms with van der Waals surface area (Å²) in [5.41, 5.74) is 19.9. The highest BCUT2D eigenvalue weighted by Crippen LogP contribution is 2.49. The van der Waals surface area contributed by atoms with E-state index >= 15 is 0 Å². The Bertz CT molecular complexity index is 3310. The molecule has 0 fully saturated rings. The van der Waals surface area contributed by atoms with Crippen molar-refractivity contribution in [3.63, 3.8) is 0 Å². The Kier molecular flexibility index (Phi) is 11.0. The maximum Gasteiger partial charge on any atom is 0.160 e. The van der Waals surface area contributed by atoms with Gasteiger partial charge in [-0.05, 0) is 57.1 Å². The van der Waals surface area contributed by atoms with Gasteiger partial charge in [0, 0.05) is 44.5 Å². The molecule has 0 aliphatic heterocycles. The van der Waals surface area contributed by atoms with Crippen LogP contribution in [0.25, 0.3) is 112 Å². The molecule has 0 amide bonds. The summed E-state index contributed by atoms with van der Waals surface area (Å²) in [6.07, 6.45) is 0. The molecule has 0 atom stereocenters. The lowest BCUT2D eigenvalue weighted by Crippen LogP contribution is -2.01. The van der Waals surface area contributed by atoms with Gasteiger partial charge in [0.25, 0.3) is 0 Å². The van der Waals surface area contributed by atoms with Gasteiger partial charge < -0.3 is 0 Å². The first kappa shape index (κ1) is 40.0. The lowest BCUT2D eigenvalue weighted by molar-refractivity contribution is 1.18. The maximum atomic E-state index is 5.63. The van der Waals surface area contributed by atoms with Gasteiger partial charge in [-0.15, -0.1) is 0 Å². The average Bonchev–Trinajstić information content (AvgIpc) is 3.41. The molecule has 3 heteroatoms. The first-order valence-corrected chi connectivity index (χ1v) is 22.3. The third-order valence-corrected chi connectivity index (χ3v) is 12.1. The van der Waals surface area contributed by atoms with E-state index in [0.717, 1.165) is 106 Å². The standard InChI is InChI=1S/C63H43N3/c1-7-21-44(22-8-1)53-34-20-36-55(42-53)63-64-56(46-23-9-2-10-24-46)43-57(65-63)47-39-37-45(38-40-47)52-33-19-35-54(41-52)58-59(48-25-11-3-12-26-48)61(50-29-15-5-16-30-50)66-62(51-31-17-6-18-32-51)60(58)49-27-13-4-14-28-49/h1-43H. The molecule has 11 rings (SSSR count). The number of hydrogen-bond donors (Lipinski definition) is 0. The number of nitrogens with zero attached hydrogens (tertiary/aromatic N) is 3. The highest BCUT2D eigenvalue weighted by atomic mass is 14.9. The lowest BCUT2D eigenvalue weighted by atomic mass is 9.82. The van der Waals surface area contributed by atoms with Gasteiger partial charge in [-0.1, -0.05) is 243 Å². The van der Waals surface area contributed by atoms with Crippen molar-refractivity contribution in [3.8, 4) is 112 Å². The van der Waals surface area contributed by atoms with Crippen molar-refractivity contribution in [2.45, 2.75) is 0 Å². The fourth-order valence-electron chi connectivity index (χ4n) is 8.89. The van der Waals surface area contributed by atoms with E-state index in [0.29, 0.717) is 5.82 Å². The molecule has 0 saturated carbocycles. The van der Waals surface area contributed by atoms with Gasteiger partial charge in [0.1, 0.15) is 0 Å². The number of aromatic nitrogens is 3. The van der Waals surface area contributed by atoms with E-state index in [1.54, 1.807) is 0 Å². The molecule has 3 nitrogen and oxygen atoms in total. The Labute approximate surface area is 386 Å². The molecule has 2 aromatic heterocycles. The average molecular weight is 842 g/mol. The molecule has 0 radical (unpaired) electrons. The number of benzene rings is 9. The molecule has 11 aromatic rings. The van der Waals surface area contributed by atoms with E-state index in [2.05, 4.69) is 249 Å². The van der Waals surface area contributed by atoms with Crippen LogP contribution in [0.4, 0.5) is 0 Å². The van der Waals surface area contributed by atoms with Gasteiger partial charge in [-0.2, -0.15) is 0 Å². The van der Waals surface area contributed by atoms with E-state index in [1.807, 2.05) is 12.1 Å². The second-order valence-corrected chi connectivity index (χ2v) is 16.3. The second-order valence-electron chi connectivity index (χ2n) is 16.3. The van der Waals surface area contributed by atoms with E-state index in [4.69, 9.17) is 15.0 Å². The first-order chi connectivity index (χ1) is 32.7. The molecule has 0 aliphatic carbocycles. The monoisotopic (exact) mass is 841 g/mol. The van der Waals surface area contributed by atoms with Crippen LogP contribution in [0.3, 0.4) is 0 Å². The minimum Gasteiger partial charge on any atom is -0.246 e. The third-order valence-electron chi connectivity index (χ3n) is 12.1. The summed E-state index contributed by atoms with van der Waals surface area (Å²) >= 11 is 0. The third kappa shape index (κ3) is 8.14. The quantitative estimate of drug-likeness (QED) is 0.138. The maximum absolute atomic E-state index is 5.63. The molecule has 0 unspecified atom stereocenters. The predicted molar refractivity (Wildman–Crippen MR) is 274 cm³/mol. The van der Waals surface area contributed by atoms with Crippen LogP contribution >= 0.6 is 0 Å². The van der Waals surface area contributed by atoms with E-state index < -0.39 is 0 Å². The fraction of sp³-hybridized carbons (Fsp3) is 0. The molecule has 0 aliphatic rings. The van der Waals surface area contributed by atoms with Crippen LogP contribution < -0.4 is 0 Å². The molecular formula is C63H43N3. The molecule has 2 heterocycles. The van der Waals surface area contributed by atoms with Crippen molar-refractivity contribution < 1.29 is 0 Å². The van der Waals surface area contributed by atoms with Crippen molar-refractivity contribution in [2.75, 3.05) is 0 Å². The Balaban J connectivity index is 1.06. The largest absolute Gasteiger partial charge is 0.246 e. The summed E-state index contributed by atoms with van der Waals surface area (Å²) in [7, 11) is 0. The van der Waals surface area contributed by atoms with Crippen LogP contribution in [-0.4, -0.2) is 15.0 Å². The van der Waals surface area contributed by atoms with Crippen LogP contribution in [0.1, 0.15) is 0 Å². The Morgan fingerprint density at radius 3 is 0.970 bits per heavy atom. The van der Waals surface area contributed by atoms with Gasteiger partial charge in [-0.25, -0.2) is 15.0 Å². The van der Waals surface area contributed by atoms with E-state index in [-0.39, 0.29) is 0 Å². The predicted octanol–water partition coefficient (Wildman–Crippen LogP) is 16.5. The molecule has 0 bridgehead atoms. The van der Waals surface area contributed by atoms with E-state index in [1.165, 1.54) is 0 Å². The highest BCUT2D eigenvalue weighted by molar-refractivity contribution is 6.05. The van der Waals surface area contributed by atoms with Crippen LogP contribution in [0.2, 0.25) is 0 Å². The van der Waals surface area contributed by atoms with Crippen molar-refractivity contribution >= 4 is 0 Å². The van der Waals surface area contributed by atoms with Crippen LogP contribution in [-0.2, 0) is 0 Å². The van der Waals surface area contributed by atoms with Crippen LogP contribution in [0, 0.1) is 0 Å². The van der Waals surface area contributed by atoms with Crippen molar-refractivity contribution in [3.05, 3.63) is 261 Å². The van der Waals surface area contributed by atoms with Crippen molar-refractivity contribution in [1.29, 1.82) is 0 Å². The number of pyridine rings is 1. The zero-order chi connectivity index (χ0) is 44.1. The molecule has 310 valence electrons. The smallest absolute Gasteiger partial charge is 0.160 e. The number of rotatable bonds is 10. The van der Waals surface area contributed by atoms with E-state index in [9.17, 15) is 0 Å². The zero-order valence-electron chi connectivity index (χ0n) is 36.2. The van der Waals surface area contributed by atoms with Crippen molar-refractivity contribution in [2.24, 2.45) is 0 Å². The van der Waals surface area contributed by atoms with Gasteiger partial charge in [0.15, 0.2) is 5.82 Å². The van der Waals surface area contributed by atoms with Crippen LogP contribution in [0.15, 0.2) is 261 Å². The van der Waals surface area contributed by atoms with Gasteiger partial charge in [0.2, 0.25) is 0 Å². The second kappa shape index (κ2) is 18.1. The highest BCUT2D eigenvalue weighted by Gasteiger charge is 2.25. The molecule has 0 saturated heterocycles. The molecular weight excluding hydrogens is 799 g/mol. The summed E-state index contributed by atoms with van der Waals surface area (Å²) in [5, 5.41) is 0. The normalized spacial score (nSPS) is 11.0. The Morgan fingerprint density at radius 2 is 0.500 bits per heavy atom. The fourth-order valence-corrected chi connectivity index (χ4v) is 8.89. The number of hydrogen-bond acceptors (Lipinski definition) is 3. The molecule has 0 spiro atoms. The molecule has 9 aromatic carbocycles. The summed E-state index contributed by atoms with van der Waals surface area (Å²) in [6, 6.07) is 91.7. The summed E-state index contributed by atoms with van der Waals surface area (Å²) < 4.78 is 0. The Hall–Kier alpha value is -8.79. The minimum absolute atomic E-state index is 0.687. The van der Waals surface area contributed by atoms with Crippen LogP contribution in [0.5, 0.6) is 0 Å². The lowest BCUT2D eigenvalue weighted by Gasteiger charge is -2.23. The molecule has 0 N–H and O–H groups in total. The summed E-state index contributed by atoms with van der Waals surface area (Å²) in [5.74, 6) is 0.687. The Morgan fingerprint density at radius 1 is 0.182 bits per heavy atom. The summed E-state index contributed by atoms with van der Waals surface area (Å²) in [4.78, 5) is 16.0.